The van der Waals surface area contributed by atoms with Crippen LogP contribution in [0.25, 0.3) is 0 Å². The molecular weight excluding hydrogens is 270 g/mol. The zero-order valence-corrected chi connectivity index (χ0v) is 9.14. The maximum atomic E-state index is 9.28. The maximum absolute atomic E-state index is 9.28. The number of hydrogen-bond acceptors (Lipinski definition) is 8. The van der Waals surface area contributed by atoms with Crippen LogP contribution in [0, 0.1) is 0 Å². The van der Waals surface area contributed by atoms with E-state index in [-0.39, 0.29) is 23.2 Å². The number of aliphatic carboxylic acids is 4. The van der Waals surface area contributed by atoms with Gasteiger partial charge in [0.05, 0.1) is 0 Å². The van der Waals surface area contributed by atoms with Crippen LogP contribution in [-0.4, -0.2) is 23.9 Å². The predicted molar refractivity (Wildman–Crippen MR) is 35.2 cm³/mol. The molecule has 9 nitrogen and oxygen atoms in total. The van der Waals surface area contributed by atoms with Gasteiger partial charge in [-0.2, -0.15) is 0 Å². The first kappa shape index (κ1) is 23.9. The van der Waals surface area contributed by atoms with Crippen molar-refractivity contribution in [3.05, 3.63) is 0 Å². The topological polar surface area (TPSA) is 197 Å². The molecule has 16 heavy (non-hydrogen) atoms. The van der Waals surface area contributed by atoms with Gasteiger partial charge in [0.1, 0.15) is 0 Å². The third kappa shape index (κ3) is 39.4. The molecule has 0 aromatic rings. The first-order chi connectivity index (χ1) is 6.25. The van der Waals surface area contributed by atoms with Gasteiger partial charge >= 0.3 is 17.1 Å². The number of quaternary nitrogens is 1. The number of carbonyl (C=O) groups excluding carboxylic acids is 4. The molecule has 0 aliphatic rings. The number of carboxylic acids is 4. The normalized spacial score (nSPS) is 7.00. The van der Waals surface area contributed by atoms with Crippen molar-refractivity contribution in [1.82, 2.24) is 6.15 Å². The van der Waals surface area contributed by atoms with Crippen molar-refractivity contribution in [3.8, 4) is 0 Å². The Hall–Kier alpha value is -1.64. The Balaban J connectivity index is -0.0000000800. The molecule has 0 unspecified atom stereocenters. The molecule has 0 saturated heterocycles. The largest absolute Gasteiger partial charge is 3.00 e. The summed E-state index contributed by atoms with van der Waals surface area (Å²) in [6.45, 7) is 0. The molecule has 1 radical (unpaired) electrons. The molecule has 93 valence electrons. The molecule has 0 aliphatic heterocycles. The Morgan fingerprint density at radius 3 is 0.750 bits per heavy atom. The molecule has 4 N–H and O–H groups in total. The van der Waals surface area contributed by atoms with Crippen molar-refractivity contribution in [2.75, 3.05) is 0 Å². The van der Waals surface area contributed by atoms with E-state index in [2.05, 4.69) is 0 Å². The van der Waals surface area contributed by atoms with E-state index in [0.29, 0.717) is 0 Å². The van der Waals surface area contributed by atoms with E-state index in [1.54, 1.807) is 0 Å². The van der Waals surface area contributed by atoms with Crippen molar-refractivity contribution in [1.29, 1.82) is 0 Å². The average molecular weight is 278 g/mol. The fourth-order valence-corrected chi connectivity index (χ4v) is 0.236. The van der Waals surface area contributed by atoms with Crippen LogP contribution in [0.2, 0.25) is 0 Å². The van der Waals surface area contributed by atoms with Gasteiger partial charge < -0.3 is 45.8 Å². The summed E-state index contributed by atoms with van der Waals surface area (Å²) in [4.78, 5) is 37.1. The minimum atomic E-state index is -1.63. The van der Waals surface area contributed by atoms with Crippen LogP contribution in [-0.2, 0) is 36.2 Å². The summed E-state index contributed by atoms with van der Waals surface area (Å²) < 4.78 is 0. The van der Waals surface area contributed by atoms with Gasteiger partial charge in [-0.1, -0.05) is 0 Å². The van der Waals surface area contributed by atoms with Crippen LogP contribution in [0.15, 0.2) is 0 Å². The third-order valence-corrected chi connectivity index (χ3v) is 0.577. The van der Waals surface area contributed by atoms with Gasteiger partial charge in [-0.3, -0.25) is 0 Å². The van der Waals surface area contributed by atoms with E-state index < -0.39 is 36.7 Å². The summed E-state index contributed by atoms with van der Waals surface area (Å²) >= 11 is 0. The van der Waals surface area contributed by atoms with Crippen LogP contribution in [0.5, 0.6) is 0 Å². The Labute approximate surface area is 100 Å². The fourth-order valence-electron chi connectivity index (χ4n) is 0.236. The van der Waals surface area contributed by atoms with Crippen LogP contribution < -0.4 is 26.6 Å². The number of carboxylic acid groups (broad SMARTS) is 4. The van der Waals surface area contributed by atoms with E-state index >= 15 is 0 Å². The summed E-state index contributed by atoms with van der Waals surface area (Å²) in [5.74, 6) is -6.50. The van der Waals surface area contributed by atoms with Gasteiger partial charge in [0, 0.05) is 36.7 Å². The van der Waals surface area contributed by atoms with E-state index in [1.807, 2.05) is 0 Å². The van der Waals surface area contributed by atoms with Gasteiger partial charge in [-0.25, -0.2) is 0 Å². The molecule has 0 aliphatic carbocycles. The molecule has 0 aromatic carbocycles. The summed E-state index contributed by atoms with van der Waals surface area (Å²) in [5.41, 5.74) is 0. The maximum Gasteiger partial charge on any atom is 3.00 e. The second-order valence-corrected chi connectivity index (χ2v) is 1.84. The molecule has 0 atom stereocenters. The molecule has 0 heterocycles. The zero-order valence-electron chi connectivity index (χ0n) is 8.03. The van der Waals surface area contributed by atoms with Crippen molar-refractivity contribution >= 4 is 23.9 Å². The zero-order chi connectivity index (χ0) is 11.7. The van der Waals surface area contributed by atoms with Crippen molar-refractivity contribution < 1.29 is 56.7 Å². The Morgan fingerprint density at radius 2 is 0.750 bits per heavy atom. The molecule has 0 amide bonds. The van der Waals surface area contributed by atoms with E-state index in [1.165, 1.54) is 0 Å². The summed E-state index contributed by atoms with van der Waals surface area (Å²) in [6, 6.07) is 0. The van der Waals surface area contributed by atoms with Crippen LogP contribution >= 0.6 is 0 Å². The number of hydrogen-bond donors (Lipinski definition) is 1. The van der Waals surface area contributed by atoms with Gasteiger partial charge in [0.25, 0.3) is 0 Å². The quantitative estimate of drug-likeness (QED) is 0.387. The summed E-state index contributed by atoms with van der Waals surface area (Å²) in [6.07, 6.45) is -2.06. The van der Waals surface area contributed by atoms with E-state index in [9.17, 15) is 39.6 Å². The first-order valence-electron chi connectivity index (χ1n) is 3.05. The first-order valence-corrected chi connectivity index (χ1v) is 3.05. The second kappa shape index (κ2) is 13.4. The summed E-state index contributed by atoms with van der Waals surface area (Å²) in [7, 11) is 0. The molecule has 0 saturated carbocycles. The molecule has 0 bridgehead atoms. The van der Waals surface area contributed by atoms with E-state index in [4.69, 9.17) is 0 Å². The molecule has 10 heteroatoms. The van der Waals surface area contributed by atoms with E-state index in [0.717, 1.165) is 0 Å². The molecule has 0 rings (SSSR count). The van der Waals surface area contributed by atoms with Crippen molar-refractivity contribution in [3.63, 3.8) is 0 Å². The predicted octanol–water partition coefficient (Wildman–Crippen LogP) is -5.87. The molecule has 0 aromatic heterocycles. The van der Waals surface area contributed by atoms with Crippen LogP contribution in [0.1, 0.15) is 12.8 Å². The van der Waals surface area contributed by atoms with Gasteiger partial charge in [0.15, 0.2) is 0 Å². The number of carbonyl (C=O) groups is 4. The van der Waals surface area contributed by atoms with Gasteiger partial charge in [0.2, 0.25) is 0 Å². The molecule has 0 spiro atoms. The second-order valence-electron chi connectivity index (χ2n) is 1.84. The van der Waals surface area contributed by atoms with Gasteiger partial charge in [-0.15, -0.1) is 0 Å². The van der Waals surface area contributed by atoms with Crippen LogP contribution in [0.4, 0.5) is 0 Å². The van der Waals surface area contributed by atoms with Crippen LogP contribution in [0.3, 0.4) is 0 Å². The number of rotatable bonds is 4. The summed E-state index contributed by atoms with van der Waals surface area (Å²) in [5, 5.41) is 37.1. The fraction of sp³-hybridized carbons (Fsp3) is 0.333. The monoisotopic (exact) mass is 278 g/mol. The Bertz CT molecular complexity index is 203. The SMILES string of the molecule is O=C([O-])CC(=O)[O-].O=C([O-])CC(=O)[O-].[Fe+3].[NH4+]. The average Bonchev–Trinajstić information content (AvgIpc) is 1.79. The minimum absolute atomic E-state index is 0. The Kier molecular flexibility index (Phi) is 19.9. The molecular formula is C6H8FeNO8. The van der Waals surface area contributed by atoms with Gasteiger partial charge in [-0.05, 0) is 0 Å². The molecule has 0 fully saturated rings. The minimum Gasteiger partial charge on any atom is -0.550 e. The van der Waals surface area contributed by atoms with Crippen molar-refractivity contribution in [2.45, 2.75) is 12.8 Å². The standard InChI is InChI=1S/2C3H4O4.Fe.H3N/c2*4-2(5)1-3(6)7;;/h2*1H2,(H,4,5)(H,6,7);;1H3/q;;+3;/p-3. The Morgan fingerprint density at radius 1 is 0.625 bits per heavy atom. The van der Waals surface area contributed by atoms with Crippen molar-refractivity contribution in [2.24, 2.45) is 0 Å². The smallest absolute Gasteiger partial charge is 0.550 e. The third-order valence-electron chi connectivity index (χ3n) is 0.577.